The molecule has 3 aromatic heterocycles. The lowest BCUT2D eigenvalue weighted by molar-refractivity contribution is -0.141. The summed E-state index contributed by atoms with van der Waals surface area (Å²) in [6, 6.07) is 12.6. The van der Waals surface area contributed by atoms with Gasteiger partial charge in [-0.25, -0.2) is 9.97 Å². The molecular formula is C25H21ClF3N7O3. The molecule has 0 spiro atoms. The molecule has 0 aliphatic carbocycles. The minimum absolute atomic E-state index is 0.0700. The summed E-state index contributed by atoms with van der Waals surface area (Å²) in [5, 5.41) is 15.2. The molecule has 10 nitrogen and oxygen atoms in total. The van der Waals surface area contributed by atoms with Crippen molar-refractivity contribution < 1.29 is 27.8 Å². The Morgan fingerprint density at radius 1 is 1.10 bits per heavy atom. The molecule has 5 rings (SSSR count). The second kappa shape index (κ2) is 11.0. The number of imidazole rings is 1. The average molecular weight is 560 g/mol. The Labute approximate surface area is 224 Å². The standard InChI is InChI=1S/C23H17ClF3N7O.C2H4O2/c1-13-28-9-10-33(13)17-8-7-16(11-19(17)35-2)29-21-31-22-30-20(23(25,26)27)12-18(34(22)32-21)14-3-5-15(24)6-4-14;1-2(3)4/h3-12H,1-2H3,(H,29,32);1H3,(H,3,4). The molecule has 39 heavy (non-hydrogen) atoms. The molecule has 0 unspecified atom stereocenters. The van der Waals surface area contributed by atoms with Crippen LogP contribution in [-0.4, -0.2) is 47.3 Å². The van der Waals surface area contributed by atoms with Gasteiger partial charge in [0.1, 0.15) is 11.6 Å². The Morgan fingerprint density at radius 3 is 2.38 bits per heavy atom. The predicted molar refractivity (Wildman–Crippen MR) is 138 cm³/mol. The van der Waals surface area contributed by atoms with Crippen molar-refractivity contribution in [2.45, 2.75) is 20.0 Å². The number of carboxylic acids is 1. The molecule has 0 atom stereocenters. The summed E-state index contributed by atoms with van der Waals surface area (Å²) in [6.45, 7) is 2.95. The number of carboxylic acid groups (broad SMARTS) is 1. The number of aromatic nitrogens is 6. The van der Waals surface area contributed by atoms with E-state index in [1.807, 2.05) is 23.8 Å². The summed E-state index contributed by atoms with van der Waals surface area (Å²) in [5.74, 6) is 0.372. The Hall–Kier alpha value is -4.65. The molecule has 3 heterocycles. The van der Waals surface area contributed by atoms with Crippen LogP contribution in [0.2, 0.25) is 5.02 Å². The number of halogens is 4. The van der Waals surface area contributed by atoms with E-state index in [0.717, 1.165) is 24.5 Å². The molecule has 0 saturated heterocycles. The Bertz CT molecular complexity index is 1630. The van der Waals surface area contributed by atoms with Gasteiger partial charge in [-0.1, -0.05) is 23.7 Å². The highest BCUT2D eigenvalue weighted by atomic mass is 35.5. The van der Waals surface area contributed by atoms with E-state index >= 15 is 0 Å². The lowest BCUT2D eigenvalue weighted by atomic mass is 10.1. The zero-order valence-corrected chi connectivity index (χ0v) is 21.5. The highest BCUT2D eigenvalue weighted by molar-refractivity contribution is 6.30. The first-order chi connectivity index (χ1) is 18.5. The van der Waals surface area contributed by atoms with E-state index in [2.05, 4.69) is 25.4 Å². The van der Waals surface area contributed by atoms with Crippen molar-refractivity contribution in [3.05, 3.63) is 77.5 Å². The van der Waals surface area contributed by atoms with E-state index in [1.54, 1.807) is 49.7 Å². The maximum absolute atomic E-state index is 13.5. The number of rotatable bonds is 5. The number of methoxy groups -OCH3 is 1. The van der Waals surface area contributed by atoms with Gasteiger partial charge in [-0.15, -0.1) is 5.10 Å². The fraction of sp³-hybridized carbons (Fsp3) is 0.160. The van der Waals surface area contributed by atoms with Crippen molar-refractivity contribution in [1.29, 1.82) is 0 Å². The highest BCUT2D eigenvalue weighted by Crippen LogP contribution is 2.33. The van der Waals surface area contributed by atoms with Gasteiger partial charge < -0.3 is 19.7 Å². The van der Waals surface area contributed by atoms with Gasteiger partial charge in [0.05, 0.1) is 18.5 Å². The number of hydrogen-bond donors (Lipinski definition) is 2. The Balaban J connectivity index is 0.000000826. The summed E-state index contributed by atoms with van der Waals surface area (Å²) in [4.78, 5) is 21.1. The van der Waals surface area contributed by atoms with Crippen LogP contribution in [0.4, 0.5) is 24.8 Å². The number of nitrogens with one attached hydrogen (secondary N) is 1. The maximum Gasteiger partial charge on any atom is 0.433 e. The van der Waals surface area contributed by atoms with Crippen LogP contribution in [-0.2, 0) is 11.0 Å². The molecular weight excluding hydrogens is 539 g/mol. The van der Waals surface area contributed by atoms with Gasteiger partial charge in [-0.3, -0.25) is 4.79 Å². The van der Waals surface area contributed by atoms with Crippen molar-refractivity contribution >= 4 is 35.0 Å². The fourth-order valence-corrected chi connectivity index (χ4v) is 3.73. The number of nitrogens with zero attached hydrogens (tertiary/aromatic N) is 6. The van der Waals surface area contributed by atoms with Crippen molar-refractivity contribution in [2.75, 3.05) is 12.4 Å². The number of carbonyl (C=O) groups is 1. The molecule has 0 aliphatic rings. The Morgan fingerprint density at radius 2 is 1.79 bits per heavy atom. The minimum atomic E-state index is -4.66. The first-order valence-electron chi connectivity index (χ1n) is 11.2. The maximum atomic E-state index is 13.5. The molecule has 2 N–H and O–H groups in total. The van der Waals surface area contributed by atoms with Gasteiger partial charge in [-0.05, 0) is 37.3 Å². The molecule has 0 radical (unpaired) electrons. The molecule has 0 fully saturated rings. The van der Waals surface area contributed by atoms with Crippen LogP contribution in [0, 0.1) is 6.92 Å². The van der Waals surface area contributed by atoms with Crippen LogP contribution in [0.1, 0.15) is 18.4 Å². The first-order valence-corrected chi connectivity index (χ1v) is 11.6. The summed E-state index contributed by atoms with van der Waals surface area (Å²) >= 11 is 5.94. The van der Waals surface area contributed by atoms with Crippen LogP contribution >= 0.6 is 11.6 Å². The molecule has 0 saturated carbocycles. The van der Waals surface area contributed by atoms with Crippen LogP contribution in [0.15, 0.2) is 60.9 Å². The SMILES string of the molecule is CC(=O)O.COc1cc(Nc2nc3nc(C(F)(F)F)cc(-c4ccc(Cl)cc4)n3n2)ccc1-n1ccnc1C. The number of benzene rings is 2. The zero-order chi connectivity index (χ0) is 28.3. The second-order valence-electron chi connectivity index (χ2n) is 8.05. The zero-order valence-electron chi connectivity index (χ0n) is 20.7. The van der Waals surface area contributed by atoms with E-state index < -0.39 is 17.8 Å². The number of alkyl halides is 3. The van der Waals surface area contributed by atoms with Crippen molar-refractivity contribution in [3.8, 4) is 22.7 Å². The topological polar surface area (TPSA) is 119 Å². The van der Waals surface area contributed by atoms with Gasteiger partial charge in [0.2, 0.25) is 5.95 Å². The van der Waals surface area contributed by atoms with Gasteiger partial charge >= 0.3 is 6.18 Å². The van der Waals surface area contributed by atoms with Crippen molar-refractivity contribution in [3.63, 3.8) is 0 Å². The molecule has 2 aromatic carbocycles. The Kier molecular flexibility index (Phi) is 7.72. The van der Waals surface area contributed by atoms with Crippen molar-refractivity contribution in [1.82, 2.24) is 29.1 Å². The monoisotopic (exact) mass is 559 g/mol. The normalized spacial score (nSPS) is 11.2. The quantitative estimate of drug-likeness (QED) is 0.277. The molecule has 0 amide bonds. The molecule has 202 valence electrons. The van der Waals surface area contributed by atoms with Crippen LogP contribution in [0.3, 0.4) is 0 Å². The first kappa shape index (κ1) is 27.4. The fourth-order valence-electron chi connectivity index (χ4n) is 3.61. The third-order valence-electron chi connectivity index (χ3n) is 5.26. The van der Waals surface area contributed by atoms with E-state index in [0.29, 0.717) is 22.0 Å². The van der Waals surface area contributed by atoms with E-state index in [9.17, 15) is 13.2 Å². The van der Waals surface area contributed by atoms with E-state index in [4.69, 9.17) is 26.2 Å². The van der Waals surface area contributed by atoms with Gasteiger partial charge in [0.25, 0.3) is 11.7 Å². The van der Waals surface area contributed by atoms with Crippen LogP contribution in [0.25, 0.3) is 22.7 Å². The number of ether oxygens (including phenoxy) is 1. The number of hydrogen-bond acceptors (Lipinski definition) is 7. The molecule has 0 aliphatic heterocycles. The van der Waals surface area contributed by atoms with Crippen LogP contribution < -0.4 is 10.1 Å². The minimum Gasteiger partial charge on any atom is -0.494 e. The smallest absolute Gasteiger partial charge is 0.433 e. The summed E-state index contributed by atoms with van der Waals surface area (Å²) in [5.41, 5.74) is 0.921. The second-order valence-corrected chi connectivity index (χ2v) is 8.49. The predicted octanol–water partition coefficient (Wildman–Crippen LogP) is 5.80. The summed E-state index contributed by atoms with van der Waals surface area (Å²) in [6.07, 6.45) is -1.16. The van der Waals surface area contributed by atoms with E-state index in [-0.39, 0.29) is 17.4 Å². The number of aryl methyl sites for hydroxylation is 1. The summed E-state index contributed by atoms with van der Waals surface area (Å²) in [7, 11) is 1.54. The third kappa shape index (κ3) is 6.26. The van der Waals surface area contributed by atoms with Crippen molar-refractivity contribution in [2.24, 2.45) is 0 Å². The highest BCUT2D eigenvalue weighted by Gasteiger charge is 2.34. The lowest BCUT2D eigenvalue weighted by Crippen LogP contribution is -2.11. The third-order valence-corrected chi connectivity index (χ3v) is 5.52. The van der Waals surface area contributed by atoms with Crippen LogP contribution in [0.5, 0.6) is 5.75 Å². The molecule has 14 heteroatoms. The average Bonchev–Trinajstić information content (AvgIpc) is 3.48. The number of fused-ring (bicyclic) bond motifs is 1. The molecule has 5 aromatic rings. The lowest BCUT2D eigenvalue weighted by Gasteiger charge is -2.12. The largest absolute Gasteiger partial charge is 0.494 e. The molecule has 0 bridgehead atoms. The van der Waals surface area contributed by atoms with Gasteiger partial charge in [-0.2, -0.15) is 22.7 Å². The summed E-state index contributed by atoms with van der Waals surface area (Å²) < 4.78 is 49.2. The van der Waals surface area contributed by atoms with Gasteiger partial charge in [0.15, 0.2) is 5.69 Å². The van der Waals surface area contributed by atoms with E-state index in [1.165, 1.54) is 4.52 Å². The number of anilines is 2. The van der Waals surface area contributed by atoms with Gasteiger partial charge in [0, 0.05) is 41.7 Å². The number of aliphatic carboxylic acids is 1.